The Morgan fingerprint density at radius 2 is 2.05 bits per heavy atom. The van der Waals surface area contributed by atoms with Gasteiger partial charge in [0.15, 0.2) is 6.61 Å². The predicted molar refractivity (Wildman–Crippen MR) is 80.3 cm³/mol. The molecule has 1 atom stereocenters. The summed E-state index contributed by atoms with van der Waals surface area (Å²) in [5.74, 6) is 0.466. The van der Waals surface area contributed by atoms with Crippen LogP contribution in [0, 0.1) is 0 Å². The topological polar surface area (TPSA) is 58.6 Å². The van der Waals surface area contributed by atoms with Gasteiger partial charge in [-0.2, -0.15) is 0 Å². The van der Waals surface area contributed by atoms with Gasteiger partial charge in [-0.3, -0.25) is 4.79 Å². The van der Waals surface area contributed by atoms with E-state index >= 15 is 0 Å². The van der Waals surface area contributed by atoms with E-state index < -0.39 is 0 Å². The first-order valence-electron chi connectivity index (χ1n) is 7.01. The van der Waals surface area contributed by atoms with Gasteiger partial charge in [-0.25, -0.2) is 0 Å². The van der Waals surface area contributed by atoms with Crippen LogP contribution in [0.25, 0.3) is 0 Å². The summed E-state index contributed by atoms with van der Waals surface area (Å²) >= 11 is 0. The van der Waals surface area contributed by atoms with Gasteiger partial charge < -0.3 is 15.2 Å². The van der Waals surface area contributed by atoms with Gasteiger partial charge in [0.05, 0.1) is 6.10 Å². The molecule has 0 saturated heterocycles. The zero-order valence-electron chi connectivity index (χ0n) is 11.6. The molecule has 2 aromatic rings. The average molecular weight is 283 g/mol. The summed E-state index contributed by atoms with van der Waals surface area (Å²) in [4.78, 5) is 11.8. The highest BCUT2D eigenvalue weighted by atomic mass is 16.5. The third kappa shape index (κ3) is 3.23. The lowest BCUT2D eigenvalue weighted by Crippen LogP contribution is -2.20. The minimum absolute atomic E-state index is 0.0315. The molecule has 0 radical (unpaired) electrons. The molecular weight excluding hydrogens is 266 g/mol. The van der Waals surface area contributed by atoms with Crippen LogP contribution in [0.2, 0.25) is 0 Å². The van der Waals surface area contributed by atoms with Crippen molar-refractivity contribution < 1.29 is 14.6 Å². The van der Waals surface area contributed by atoms with Crippen molar-refractivity contribution >= 4 is 11.6 Å². The van der Waals surface area contributed by atoms with Crippen molar-refractivity contribution in [2.45, 2.75) is 18.9 Å². The maximum absolute atomic E-state index is 11.8. The Labute approximate surface area is 123 Å². The Balaban J connectivity index is 1.57. The van der Waals surface area contributed by atoms with E-state index in [1.165, 1.54) is 0 Å². The maximum Gasteiger partial charge on any atom is 0.262 e. The summed E-state index contributed by atoms with van der Waals surface area (Å²) in [7, 11) is 0. The third-order valence-electron chi connectivity index (χ3n) is 3.59. The number of hydrogen-bond acceptors (Lipinski definition) is 3. The molecule has 3 rings (SSSR count). The number of amides is 1. The Kier molecular flexibility index (Phi) is 3.88. The molecule has 4 heteroatoms. The summed E-state index contributed by atoms with van der Waals surface area (Å²) in [6.45, 7) is -0.0315. The van der Waals surface area contributed by atoms with Gasteiger partial charge >= 0.3 is 0 Å². The molecule has 1 aliphatic carbocycles. The average Bonchev–Trinajstić information content (AvgIpc) is 2.87. The molecule has 21 heavy (non-hydrogen) atoms. The Hall–Kier alpha value is -2.33. The molecule has 0 bridgehead atoms. The number of aryl methyl sites for hydroxylation is 1. The zero-order valence-corrected chi connectivity index (χ0v) is 11.6. The number of anilines is 1. The van der Waals surface area contributed by atoms with Gasteiger partial charge in [-0.05, 0) is 48.2 Å². The molecule has 108 valence electrons. The van der Waals surface area contributed by atoms with Crippen molar-refractivity contribution in [2.24, 2.45) is 0 Å². The van der Waals surface area contributed by atoms with Gasteiger partial charge in [0.1, 0.15) is 5.75 Å². The lowest BCUT2D eigenvalue weighted by atomic mass is 10.1. The summed E-state index contributed by atoms with van der Waals surface area (Å²) in [6, 6.07) is 14.8. The van der Waals surface area contributed by atoms with E-state index in [0.717, 1.165) is 29.7 Å². The standard InChI is InChI=1S/C17H17NO3/c19-16-9-6-12-10-14(7-8-15(12)16)21-11-17(20)18-13-4-2-1-3-5-13/h1-5,7-8,10,16,19H,6,9,11H2,(H,18,20). The third-order valence-corrected chi connectivity index (χ3v) is 3.59. The molecule has 1 aliphatic rings. The number of aliphatic hydroxyl groups is 1. The first-order chi connectivity index (χ1) is 10.2. The molecule has 0 spiro atoms. The quantitative estimate of drug-likeness (QED) is 0.907. The fourth-order valence-electron chi connectivity index (χ4n) is 2.53. The van der Waals surface area contributed by atoms with Crippen molar-refractivity contribution in [3.8, 4) is 5.75 Å². The molecule has 1 unspecified atom stereocenters. The lowest BCUT2D eigenvalue weighted by Gasteiger charge is -2.09. The van der Waals surface area contributed by atoms with E-state index in [2.05, 4.69) is 5.32 Å². The van der Waals surface area contributed by atoms with E-state index in [9.17, 15) is 9.90 Å². The Morgan fingerprint density at radius 1 is 1.24 bits per heavy atom. The van der Waals surface area contributed by atoms with Crippen LogP contribution in [0.3, 0.4) is 0 Å². The van der Waals surface area contributed by atoms with Crippen LogP contribution < -0.4 is 10.1 Å². The smallest absolute Gasteiger partial charge is 0.262 e. The number of hydrogen-bond donors (Lipinski definition) is 2. The number of ether oxygens (including phenoxy) is 1. The van der Waals surface area contributed by atoms with Crippen LogP contribution in [0.15, 0.2) is 48.5 Å². The lowest BCUT2D eigenvalue weighted by molar-refractivity contribution is -0.118. The SMILES string of the molecule is O=C(COc1ccc2c(c1)CCC2O)Nc1ccccc1. The van der Waals surface area contributed by atoms with E-state index in [1.807, 2.05) is 42.5 Å². The molecule has 0 aromatic heterocycles. The second-order valence-corrected chi connectivity index (χ2v) is 5.12. The van der Waals surface area contributed by atoms with Crippen LogP contribution in [-0.2, 0) is 11.2 Å². The maximum atomic E-state index is 11.8. The van der Waals surface area contributed by atoms with Gasteiger partial charge in [0.25, 0.3) is 5.91 Å². The predicted octanol–water partition coefficient (Wildman–Crippen LogP) is 2.68. The molecular formula is C17H17NO3. The van der Waals surface area contributed by atoms with Crippen LogP contribution in [0.5, 0.6) is 5.75 Å². The number of nitrogens with one attached hydrogen (secondary N) is 1. The fraction of sp³-hybridized carbons (Fsp3) is 0.235. The highest BCUT2D eigenvalue weighted by molar-refractivity contribution is 5.91. The number of carbonyl (C=O) groups is 1. The summed E-state index contributed by atoms with van der Waals surface area (Å²) in [5.41, 5.74) is 2.82. The molecule has 1 amide bonds. The number of benzene rings is 2. The van der Waals surface area contributed by atoms with E-state index in [-0.39, 0.29) is 18.6 Å². The molecule has 0 aliphatic heterocycles. The molecule has 4 nitrogen and oxygen atoms in total. The highest BCUT2D eigenvalue weighted by Crippen LogP contribution is 2.33. The molecule has 2 N–H and O–H groups in total. The summed E-state index contributed by atoms with van der Waals surface area (Å²) < 4.78 is 5.51. The van der Waals surface area contributed by atoms with Crippen LogP contribution in [0.1, 0.15) is 23.7 Å². The van der Waals surface area contributed by atoms with Crippen LogP contribution in [0.4, 0.5) is 5.69 Å². The first kappa shape index (κ1) is 13.6. The summed E-state index contributed by atoms with van der Waals surface area (Å²) in [6.07, 6.45) is 1.24. The first-order valence-corrected chi connectivity index (χ1v) is 7.01. The Morgan fingerprint density at radius 3 is 2.86 bits per heavy atom. The van der Waals surface area contributed by atoms with Crippen molar-refractivity contribution in [3.63, 3.8) is 0 Å². The Bertz CT molecular complexity index is 640. The number of carbonyl (C=O) groups excluding carboxylic acids is 1. The van der Waals surface area contributed by atoms with Crippen molar-refractivity contribution in [3.05, 3.63) is 59.7 Å². The van der Waals surface area contributed by atoms with Crippen molar-refractivity contribution in [2.75, 3.05) is 11.9 Å². The second-order valence-electron chi connectivity index (χ2n) is 5.12. The number of rotatable bonds is 4. The number of fused-ring (bicyclic) bond motifs is 1. The normalized spacial score (nSPS) is 16.3. The fourth-order valence-corrected chi connectivity index (χ4v) is 2.53. The van der Waals surface area contributed by atoms with Gasteiger partial charge in [-0.1, -0.05) is 24.3 Å². The van der Waals surface area contributed by atoms with E-state index in [0.29, 0.717) is 5.75 Å². The van der Waals surface area contributed by atoms with Gasteiger partial charge in [0, 0.05) is 5.69 Å². The minimum atomic E-state index is -0.365. The largest absolute Gasteiger partial charge is 0.484 e. The number of aliphatic hydroxyl groups excluding tert-OH is 1. The molecule has 2 aromatic carbocycles. The second kappa shape index (κ2) is 5.97. The molecule has 0 fully saturated rings. The van der Waals surface area contributed by atoms with Crippen LogP contribution >= 0.6 is 0 Å². The highest BCUT2D eigenvalue weighted by Gasteiger charge is 2.20. The monoisotopic (exact) mass is 283 g/mol. The number of para-hydroxylation sites is 1. The van der Waals surface area contributed by atoms with E-state index in [1.54, 1.807) is 6.07 Å². The minimum Gasteiger partial charge on any atom is -0.484 e. The zero-order chi connectivity index (χ0) is 14.7. The van der Waals surface area contributed by atoms with Gasteiger partial charge in [-0.15, -0.1) is 0 Å². The van der Waals surface area contributed by atoms with E-state index in [4.69, 9.17) is 4.74 Å². The molecule has 0 saturated carbocycles. The van der Waals surface area contributed by atoms with Crippen molar-refractivity contribution in [1.29, 1.82) is 0 Å². The molecule has 0 heterocycles. The van der Waals surface area contributed by atoms with Crippen LogP contribution in [-0.4, -0.2) is 17.6 Å². The van der Waals surface area contributed by atoms with Gasteiger partial charge in [0.2, 0.25) is 0 Å². The van der Waals surface area contributed by atoms with Crippen molar-refractivity contribution in [1.82, 2.24) is 0 Å². The summed E-state index contributed by atoms with van der Waals surface area (Å²) in [5, 5.41) is 12.5.